The number of hydrogen-bond acceptors (Lipinski definition) is 2. The molecule has 1 aliphatic carbocycles. The van der Waals surface area contributed by atoms with Crippen molar-refractivity contribution in [2.24, 2.45) is 0 Å². The molecule has 23 heavy (non-hydrogen) atoms. The van der Waals surface area contributed by atoms with Crippen LogP contribution in [0.3, 0.4) is 0 Å². The van der Waals surface area contributed by atoms with Gasteiger partial charge in [-0.25, -0.2) is 4.98 Å². The van der Waals surface area contributed by atoms with Gasteiger partial charge in [-0.15, -0.1) is 11.3 Å². The van der Waals surface area contributed by atoms with Crippen LogP contribution in [0.2, 0.25) is 0 Å². The van der Waals surface area contributed by atoms with Crippen LogP contribution in [-0.4, -0.2) is 4.98 Å². The van der Waals surface area contributed by atoms with Gasteiger partial charge in [-0.05, 0) is 64.4 Å². The smallest absolute Gasteiger partial charge is 0.123 e. The van der Waals surface area contributed by atoms with Gasteiger partial charge in [0, 0.05) is 17.1 Å². The van der Waals surface area contributed by atoms with E-state index < -0.39 is 0 Å². The van der Waals surface area contributed by atoms with Crippen LogP contribution in [0.1, 0.15) is 24.0 Å². The fourth-order valence-corrected chi connectivity index (χ4v) is 4.54. The third-order valence-electron chi connectivity index (χ3n) is 5.03. The van der Waals surface area contributed by atoms with E-state index in [-0.39, 0.29) is 0 Å². The number of aryl methyl sites for hydroxylation is 2. The molecule has 1 aromatic heterocycles. The summed E-state index contributed by atoms with van der Waals surface area (Å²) in [5, 5.41) is 8.65. The molecule has 0 amide bonds. The molecule has 0 fully saturated rings. The lowest BCUT2D eigenvalue weighted by Gasteiger charge is -2.18. The van der Waals surface area contributed by atoms with Gasteiger partial charge in [0.2, 0.25) is 0 Å². The molecule has 112 valence electrons. The standard InChI is InChI=1S/C21H17NS/c1-2-4-17-14(3-1)5-9-20-18-8-7-16(21-22-11-12-23-21)13-15(18)6-10-19(17)20/h5-13H,1-4H2. The molecule has 0 saturated carbocycles. The maximum Gasteiger partial charge on any atom is 0.123 e. The molecule has 1 heterocycles. The van der Waals surface area contributed by atoms with Crippen LogP contribution in [0, 0.1) is 0 Å². The SMILES string of the molecule is c1csc(-c2ccc3c(ccc4c5c(ccc43)CCCC5)c2)n1. The van der Waals surface area contributed by atoms with E-state index in [1.807, 2.05) is 11.6 Å². The van der Waals surface area contributed by atoms with Crippen molar-refractivity contribution in [3.63, 3.8) is 0 Å². The predicted octanol–water partition coefficient (Wildman–Crippen LogP) is 6.00. The monoisotopic (exact) mass is 315 g/mol. The third-order valence-corrected chi connectivity index (χ3v) is 5.85. The Balaban J connectivity index is 1.77. The first-order chi connectivity index (χ1) is 11.4. The molecule has 1 aliphatic rings. The second-order valence-electron chi connectivity index (χ2n) is 6.34. The molecule has 5 rings (SSSR count). The Kier molecular flexibility index (Phi) is 2.98. The first-order valence-electron chi connectivity index (χ1n) is 8.27. The van der Waals surface area contributed by atoms with Gasteiger partial charge in [0.05, 0.1) is 0 Å². The van der Waals surface area contributed by atoms with E-state index in [4.69, 9.17) is 0 Å². The predicted molar refractivity (Wildman–Crippen MR) is 99.2 cm³/mol. The summed E-state index contributed by atoms with van der Waals surface area (Å²) in [6.45, 7) is 0. The Morgan fingerprint density at radius 2 is 1.70 bits per heavy atom. The Hall–Kier alpha value is -2.19. The Bertz CT molecular complexity index is 1020. The van der Waals surface area contributed by atoms with Crippen molar-refractivity contribution in [3.05, 3.63) is 65.2 Å². The number of nitrogens with zero attached hydrogens (tertiary/aromatic N) is 1. The van der Waals surface area contributed by atoms with E-state index in [1.165, 1.54) is 52.8 Å². The molecule has 0 atom stereocenters. The van der Waals surface area contributed by atoms with Crippen molar-refractivity contribution < 1.29 is 0 Å². The van der Waals surface area contributed by atoms with Crippen LogP contribution in [0.4, 0.5) is 0 Å². The van der Waals surface area contributed by atoms with E-state index in [1.54, 1.807) is 22.5 Å². The van der Waals surface area contributed by atoms with Crippen LogP contribution in [0.25, 0.3) is 32.1 Å². The van der Waals surface area contributed by atoms with Gasteiger partial charge in [-0.3, -0.25) is 0 Å². The van der Waals surface area contributed by atoms with Crippen molar-refractivity contribution in [1.82, 2.24) is 4.98 Å². The summed E-state index contributed by atoms with van der Waals surface area (Å²) in [6.07, 6.45) is 7.01. The van der Waals surface area contributed by atoms with Crippen LogP contribution < -0.4 is 0 Å². The number of rotatable bonds is 1. The summed E-state index contributed by atoms with van der Waals surface area (Å²) < 4.78 is 0. The van der Waals surface area contributed by atoms with Crippen molar-refractivity contribution >= 4 is 32.9 Å². The first-order valence-corrected chi connectivity index (χ1v) is 9.15. The highest BCUT2D eigenvalue weighted by atomic mass is 32.1. The Labute approximate surface area is 139 Å². The largest absolute Gasteiger partial charge is 0.245 e. The molecule has 0 bridgehead atoms. The lowest BCUT2D eigenvalue weighted by molar-refractivity contribution is 0.690. The Morgan fingerprint density at radius 1 is 0.826 bits per heavy atom. The molecule has 1 nitrogen and oxygen atoms in total. The zero-order valence-electron chi connectivity index (χ0n) is 12.9. The zero-order valence-corrected chi connectivity index (χ0v) is 13.7. The minimum atomic E-state index is 1.09. The summed E-state index contributed by atoms with van der Waals surface area (Å²) in [7, 11) is 0. The Morgan fingerprint density at radius 3 is 2.61 bits per heavy atom. The summed E-state index contributed by atoms with van der Waals surface area (Å²) in [5.41, 5.74) is 4.35. The van der Waals surface area contributed by atoms with Crippen LogP contribution in [0.15, 0.2) is 54.0 Å². The van der Waals surface area contributed by atoms with Crippen LogP contribution >= 0.6 is 11.3 Å². The fourth-order valence-electron chi connectivity index (χ4n) is 3.90. The third kappa shape index (κ3) is 2.09. The van der Waals surface area contributed by atoms with Gasteiger partial charge in [0.1, 0.15) is 5.01 Å². The van der Waals surface area contributed by atoms with Gasteiger partial charge in [-0.2, -0.15) is 0 Å². The van der Waals surface area contributed by atoms with E-state index in [0.29, 0.717) is 0 Å². The lowest BCUT2D eigenvalue weighted by atomic mass is 9.86. The lowest BCUT2D eigenvalue weighted by Crippen LogP contribution is -2.03. The quantitative estimate of drug-likeness (QED) is 0.393. The molecule has 0 aliphatic heterocycles. The highest BCUT2D eigenvalue weighted by molar-refractivity contribution is 7.13. The van der Waals surface area contributed by atoms with Gasteiger partial charge in [0.25, 0.3) is 0 Å². The normalized spacial score (nSPS) is 14.3. The average Bonchev–Trinajstić information content (AvgIpc) is 3.15. The molecule has 0 saturated heterocycles. The minimum absolute atomic E-state index is 1.09. The van der Waals surface area contributed by atoms with Crippen LogP contribution in [0.5, 0.6) is 0 Å². The topological polar surface area (TPSA) is 12.9 Å². The van der Waals surface area contributed by atoms with Crippen molar-refractivity contribution in [3.8, 4) is 10.6 Å². The zero-order chi connectivity index (χ0) is 15.2. The number of fused-ring (bicyclic) bond motifs is 5. The highest BCUT2D eigenvalue weighted by Gasteiger charge is 2.13. The minimum Gasteiger partial charge on any atom is -0.245 e. The number of aromatic nitrogens is 1. The summed E-state index contributed by atoms with van der Waals surface area (Å²) in [4.78, 5) is 4.43. The van der Waals surface area contributed by atoms with E-state index in [9.17, 15) is 0 Å². The van der Waals surface area contributed by atoms with Gasteiger partial charge < -0.3 is 0 Å². The molecule has 3 aromatic carbocycles. The fraction of sp³-hybridized carbons (Fsp3) is 0.190. The molecule has 0 N–H and O–H groups in total. The summed E-state index contributed by atoms with van der Waals surface area (Å²) in [6, 6.07) is 16.0. The van der Waals surface area contributed by atoms with Gasteiger partial charge >= 0.3 is 0 Å². The second kappa shape index (κ2) is 5.17. The van der Waals surface area contributed by atoms with E-state index in [2.05, 4.69) is 47.4 Å². The average molecular weight is 315 g/mol. The number of thiazole rings is 1. The van der Waals surface area contributed by atoms with Gasteiger partial charge in [0.15, 0.2) is 0 Å². The maximum atomic E-state index is 4.43. The second-order valence-corrected chi connectivity index (χ2v) is 7.24. The first kappa shape index (κ1) is 13.3. The molecule has 0 spiro atoms. The molecular weight excluding hydrogens is 298 g/mol. The van der Waals surface area contributed by atoms with Crippen LogP contribution in [-0.2, 0) is 12.8 Å². The molecule has 0 unspecified atom stereocenters. The highest BCUT2D eigenvalue weighted by Crippen LogP contribution is 2.35. The maximum absolute atomic E-state index is 4.43. The van der Waals surface area contributed by atoms with Gasteiger partial charge in [-0.1, -0.05) is 36.4 Å². The summed E-state index contributed by atoms with van der Waals surface area (Å²) in [5.74, 6) is 0. The number of benzene rings is 3. The molecule has 4 aromatic rings. The van der Waals surface area contributed by atoms with Crippen molar-refractivity contribution in [2.45, 2.75) is 25.7 Å². The summed E-state index contributed by atoms with van der Waals surface area (Å²) >= 11 is 1.70. The van der Waals surface area contributed by atoms with E-state index >= 15 is 0 Å². The number of hydrogen-bond donors (Lipinski definition) is 0. The molecule has 2 heteroatoms. The van der Waals surface area contributed by atoms with Crippen molar-refractivity contribution in [1.29, 1.82) is 0 Å². The van der Waals surface area contributed by atoms with E-state index in [0.717, 1.165) is 5.01 Å². The molecular formula is C21H17NS. The van der Waals surface area contributed by atoms with Crippen molar-refractivity contribution in [2.75, 3.05) is 0 Å². The molecule has 0 radical (unpaired) electrons.